The first-order valence-electron chi connectivity index (χ1n) is 9.16. The lowest BCUT2D eigenvalue weighted by Gasteiger charge is -2.19. The van der Waals surface area contributed by atoms with Crippen molar-refractivity contribution in [3.8, 4) is 11.1 Å². The van der Waals surface area contributed by atoms with Crippen LogP contribution in [0.5, 0.6) is 0 Å². The van der Waals surface area contributed by atoms with Crippen molar-refractivity contribution in [3.63, 3.8) is 0 Å². The van der Waals surface area contributed by atoms with Crippen LogP contribution in [-0.2, 0) is 14.3 Å². The Morgan fingerprint density at radius 1 is 0.963 bits per heavy atom. The van der Waals surface area contributed by atoms with Gasteiger partial charge in [-0.05, 0) is 43.0 Å². The van der Waals surface area contributed by atoms with Gasteiger partial charge < -0.3 is 14.8 Å². The van der Waals surface area contributed by atoms with Crippen LogP contribution < -0.4 is 5.32 Å². The van der Waals surface area contributed by atoms with Crippen molar-refractivity contribution in [1.82, 2.24) is 5.32 Å². The molecule has 0 saturated carbocycles. The van der Waals surface area contributed by atoms with Gasteiger partial charge in [-0.3, -0.25) is 4.79 Å². The lowest BCUT2D eigenvalue weighted by Crippen LogP contribution is -2.30. The fourth-order valence-electron chi connectivity index (χ4n) is 3.31. The third-order valence-electron chi connectivity index (χ3n) is 4.36. The van der Waals surface area contributed by atoms with E-state index in [9.17, 15) is 9.59 Å². The molecule has 3 rings (SSSR count). The Hall–Kier alpha value is -2.82. The van der Waals surface area contributed by atoms with E-state index in [1.165, 1.54) is 22.3 Å². The second-order valence-electron chi connectivity index (χ2n) is 7.59. The number of hydrogen-bond acceptors (Lipinski definition) is 4. The van der Waals surface area contributed by atoms with Crippen LogP contribution in [0.3, 0.4) is 0 Å². The number of hydrogen-bond donors (Lipinski definition) is 1. The van der Waals surface area contributed by atoms with Crippen molar-refractivity contribution in [1.29, 1.82) is 0 Å². The number of esters is 1. The maximum absolute atomic E-state index is 12.0. The molecule has 0 aliphatic heterocycles. The Morgan fingerprint density at radius 3 is 2.07 bits per heavy atom. The van der Waals surface area contributed by atoms with Gasteiger partial charge in [0.25, 0.3) is 0 Å². The third kappa shape index (κ3) is 4.67. The summed E-state index contributed by atoms with van der Waals surface area (Å²) < 4.78 is 10.6. The molecule has 1 N–H and O–H groups in total. The molecule has 142 valence electrons. The molecule has 0 unspecified atom stereocenters. The number of ether oxygens (including phenoxy) is 2. The highest BCUT2D eigenvalue weighted by molar-refractivity contribution is 5.79. The number of amides is 1. The molecule has 0 fully saturated rings. The van der Waals surface area contributed by atoms with Gasteiger partial charge in [0.15, 0.2) is 0 Å². The molecular weight excluding hydrogens is 342 g/mol. The minimum atomic E-state index is -0.527. The first kappa shape index (κ1) is 19.0. The number of nitrogens with one attached hydrogen (secondary N) is 1. The van der Waals surface area contributed by atoms with Gasteiger partial charge in [-0.2, -0.15) is 0 Å². The zero-order valence-corrected chi connectivity index (χ0v) is 16.0. The molecule has 0 atom stereocenters. The Kier molecular flexibility index (Phi) is 5.49. The smallest absolute Gasteiger partial charge is 0.407 e. The predicted octanol–water partition coefficient (Wildman–Crippen LogP) is 4.26. The summed E-state index contributed by atoms with van der Waals surface area (Å²) >= 11 is 0. The number of carbonyl (C=O) groups is 2. The van der Waals surface area contributed by atoms with Crippen molar-refractivity contribution in [2.75, 3.05) is 13.2 Å². The molecule has 0 aromatic heterocycles. The van der Waals surface area contributed by atoms with Gasteiger partial charge in [-0.15, -0.1) is 0 Å². The van der Waals surface area contributed by atoms with E-state index in [1.54, 1.807) is 0 Å². The first-order chi connectivity index (χ1) is 12.8. The van der Waals surface area contributed by atoms with E-state index in [1.807, 2.05) is 45.0 Å². The Labute approximate surface area is 159 Å². The summed E-state index contributed by atoms with van der Waals surface area (Å²) in [5, 5.41) is 2.61. The van der Waals surface area contributed by atoms with Crippen molar-refractivity contribution in [3.05, 3.63) is 59.7 Å². The topological polar surface area (TPSA) is 64.6 Å². The van der Waals surface area contributed by atoms with E-state index in [2.05, 4.69) is 29.6 Å². The molecule has 2 aromatic rings. The Bertz CT molecular complexity index is 793. The van der Waals surface area contributed by atoms with Crippen molar-refractivity contribution < 1.29 is 19.1 Å². The lowest BCUT2D eigenvalue weighted by molar-refractivity contribution is -0.154. The van der Waals surface area contributed by atoms with E-state index in [-0.39, 0.29) is 31.5 Å². The largest absolute Gasteiger partial charge is 0.460 e. The molecule has 0 heterocycles. The Morgan fingerprint density at radius 2 is 1.52 bits per heavy atom. The van der Waals surface area contributed by atoms with Crippen LogP contribution in [0.2, 0.25) is 0 Å². The second-order valence-corrected chi connectivity index (χ2v) is 7.59. The van der Waals surface area contributed by atoms with Crippen LogP contribution in [0.15, 0.2) is 48.5 Å². The number of fused-ring (bicyclic) bond motifs is 3. The van der Waals surface area contributed by atoms with Gasteiger partial charge in [0, 0.05) is 12.5 Å². The summed E-state index contributed by atoms with van der Waals surface area (Å²) in [6.45, 7) is 5.87. The SMILES string of the molecule is CC(C)(C)OC(=O)CCNC(=O)OCC1c2ccccc2-c2ccccc21. The van der Waals surface area contributed by atoms with Crippen molar-refractivity contribution in [2.24, 2.45) is 0 Å². The molecule has 27 heavy (non-hydrogen) atoms. The molecule has 1 aliphatic carbocycles. The van der Waals surface area contributed by atoms with Crippen LogP contribution in [0, 0.1) is 0 Å². The van der Waals surface area contributed by atoms with Crippen molar-refractivity contribution in [2.45, 2.75) is 38.7 Å². The van der Waals surface area contributed by atoms with Crippen LogP contribution in [0.4, 0.5) is 4.79 Å². The van der Waals surface area contributed by atoms with E-state index < -0.39 is 11.7 Å². The average molecular weight is 367 g/mol. The van der Waals surface area contributed by atoms with Crippen LogP contribution >= 0.6 is 0 Å². The van der Waals surface area contributed by atoms with Crippen LogP contribution in [0.1, 0.15) is 44.2 Å². The second kappa shape index (κ2) is 7.82. The van der Waals surface area contributed by atoms with E-state index in [4.69, 9.17) is 9.47 Å². The van der Waals surface area contributed by atoms with E-state index >= 15 is 0 Å². The maximum Gasteiger partial charge on any atom is 0.407 e. The predicted molar refractivity (Wildman–Crippen MR) is 104 cm³/mol. The van der Waals surface area contributed by atoms with E-state index in [0.717, 1.165) is 0 Å². The Balaban J connectivity index is 1.53. The van der Waals surface area contributed by atoms with Gasteiger partial charge in [-0.25, -0.2) is 4.79 Å². The van der Waals surface area contributed by atoms with Crippen LogP contribution in [-0.4, -0.2) is 30.8 Å². The fourth-order valence-corrected chi connectivity index (χ4v) is 3.31. The van der Waals surface area contributed by atoms with E-state index in [0.29, 0.717) is 0 Å². The van der Waals surface area contributed by atoms with Gasteiger partial charge in [-0.1, -0.05) is 48.5 Å². The van der Waals surface area contributed by atoms with Crippen LogP contribution in [0.25, 0.3) is 11.1 Å². The minimum absolute atomic E-state index is 0.0222. The molecule has 0 saturated heterocycles. The number of rotatable bonds is 5. The molecule has 1 aliphatic rings. The summed E-state index contributed by atoms with van der Waals surface area (Å²) in [5.41, 5.74) is 4.18. The highest BCUT2D eigenvalue weighted by Gasteiger charge is 2.29. The first-order valence-corrected chi connectivity index (χ1v) is 9.16. The van der Waals surface area contributed by atoms with Gasteiger partial charge in [0.05, 0.1) is 6.42 Å². The molecule has 1 amide bonds. The lowest BCUT2D eigenvalue weighted by atomic mass is 9.98. The van der Waals surface area contributed by atoms with Gasteiger partial charge in [0.1, 0.15) is 12.2 Å². The van der Waals surface area contributed by atoms with Gasteiger partial charge in [0.2, 0.25) is 0 Å². The zero-order valence-electron chi connectivity index (χ0n) is 16.0. The summed E-state index contributed by atoms with van der Waals surface area (Å²) in [5.74, 6) is -0.324. The van der Waals surface area contributed by atoms with Gasteiger partial charge >= 0.3 is 12.1 Å². The number of benzene rings is 2. The maximum atomic E-state index is 12.0. The standard InChI is InChI=1S/C22H25NO4/c1-22(2,3)27-20(24)12-13-23-21(25)26-14-19-17-10-6-4-8-15(17)16-9-5-7-11-18(16)19/h4-11,19H,12-14H2,1-3H3,(H,23,25). The monoisotopic (exact) mass is 367 g/mol. The minimum Gasteiger partial charge on any atom is -0.460 e. The summed E-state index contributed by atoms with van der Waals surface area (Å²) in [6.07, 6.45) is -0.415. The number of carbonyl (C=O) groups excluding carboxylic acids is 2. The zero-order chi connectivity index (χ0) is 19.4. The summed E-state index contributed by atoms with van der Waals surface area (Å²) in [4.78, 5) is 23.7. The number of alkyl carbamates (subject to hydrolysis) is 1. The molecule has 5 nitrogen and oxygen atoms in total. The molecule has 0 bridgehead atoms. The highest BCUT2D eigenvalue weighted by Crippen LogP contribution is 2.44. The molecule has 2 aromatic carbocycles. The summed E-state index contributed by atoms with van der Waals surface area (Å²) in [6, 6.07) is 16.4. The average Bonchev–Trinajstić information content (AvgIpc) is 2.92. The quantitative estimate of drug-likeness (QED) is 0.802. The summed E-state index contributed by atoms with van der Waals surface area (Å²) in [7, 11) is 0. The third-order valence-corrected chi connectivity index (χ3v) is 4.36. The molecular formula is C22H25NO4. The fraction of sp³-hybridized carbons (Fsp3) is 0.364. The highest BCUT2D eigenvalue weighted by atomic mass is 16.6. The normalized spacial score (nSPS) is 12.9. The molecule has 0 radical (unpaired) electrons. The molecule has 5 heteroatoms. The van der Waals surface area contributed by atoms with Crippen molar-refractivity contribution >= 4 is 12.1 Å². The molecule has 0 spiro atoms.